The van der Waals surface area contributed by atoms with Gasteiger partial charge < -0.3 is 27.5 Å². The van der Waals surface area contributed by atoms with Gasteiger partial charge in [0.2, 0.25) is 0 Å². The molecule has 0 heterocycles. The van der Waals surface area contributed by atoms with Crippen LogP contribution in [-0.2, 0) is 0 Å². The minimum absolute atomic E-state index is 0. The summed E-state index contributed by atoms with van der Waals surface area (Å²) in [7, 11) is -2.42. The zero-order valence-electron chi connectivity index (χ0n) is 2.97. The Morgan fingerprint density at radius 3 is 1.33 bits per heavy atom. The van der Waals surface area contributed by atoms with Crippen molar-refractivity contribution in [1.82, 2.24) is 0 Å². The molecule has 0 saturated heterocycles. The van der Waals surface area contributed by atoms with Crippen molar-refractivity contribution < 1.29 is 27.5 Å². The molecule has 0 aliphatic carbocycles. The van der Waals surface area contributed by atoms with E-state index in [1.54, 1.807) is 0 Å². The SMILES string of the molecule is [Cl-].[Mg+2].[O-]B(O)O. The van der Waals surface area contributed by atoms with Crippen molar-refractivity contribution in [3.63, 3.8) is 0 Å². The molecule has 0 aliphatic rings. The van der Waals surface area contributed by atoms with Gasteiger partial charge >= 0.3 is 30.4 Å². The van der Waals surface area contributed by atoms with Crippen molar-refractivity contribution in [1.29, 1.82) is 0 Å². The van der Waals surface area contributed by atoms with Crippen molar-refractivity contribution in [2.75, 3.05) is 0 Å². The second kappa shape index (κ2) is 9.38. The molecule has 0 spiro atoms. The Morgan fingerprint density at radius 1 is 1.33 bits per heavy atom. The number of halogens is 1. The van der Waals surface area contributed by atoms with E-state index in [2.05, 4.69) is 0 Å². The summed E-state index contributed by atoms with van der Waals surface area (Å²) in [5.41, 5.74) is 0. The minimum Gasteiger partial charge on any atom is -1.00 e. The van der Waals surface area contributed by atoms with Gasteiger partial charge in [0, 0.05) is 0 Å². The molecule has 0 aromatic carbocycles. The smallest absolute Gasteiger partial charge is 1.00 e. The first-order valence-corrected chi connectivity index (χ1v) is 0.752. The first-order chi connectivity index (χ1) is 1.73. The summed E-state index contributed by atoms with van der Waals surface area (Å²) in [4.78, 5) is 0. The zero-order chi connectivity index (χ0) is 3.58. The van der Waals surface area contributed by atoms with Crippen LogP contribution in [0.25, 0.3) is 0 Å². The summed E-state index contributed by atoms with van der Waals surface area (Å²) in [6, 6.07) is 0. The van der Waals surface area contributed by atoms with Gasteiger partial charge in [0.15, 0.2) is 0 Å². The van der Waals surface area contributed by atoms with Gasteiger partial charge in [0.25, 0.3) is 0 Å². The predicted molar refractivity (Wildman–Crippen MR) is 15.9 cm³/mol. The Kier molecular flexibility index (Phi) is 24.6. The average molecular weight is 121 g/mol. The summed E-state index contributed by atoms with van der Waals surface area (Å²) < 4.78 is 0. The Labute approximate surface area is 58.1 Å². The zero-order valence-corrected chi connectivity index (χ0v) is 5.14. The Morgan fingerprint density at radius 2 is 1.33 bits per heavy atom. The van der Waals surface area contributed by atoms with E-state index in [9.17, 15) is 0 Å². The molecule has 0 aromatic heterocycles. The topological polar surface area (TPSA) is 63.5 Å². The minimum atomic E-state index is -2.42. The Balaban J connectivity index is -0.0000000450. The molecule has 6 heteroatoms. The number of hydrogen-bond donors (Lipinski definition) is 2. The molecule has 6 heavy (non-hydrogen) atoms. The van der Waals surface area contributed by atoms with Gasteiger partial charge in [-0.3, -0.25) is 0 Å². The summed E-state index contributed by atoms with van der Waals surface area (Å²) >= 11 is 0. The molecular formula is H2BClMgO3. The Bertz CT molecular complexity index is 15.5. The van der Waals surface area contributed by atoms with Crippen LogP contribution in [0.2, 0.25) is 0 Å². The van der Waals surface area contributed by atoms with E-state index in [-0.39, 0.29) is 35.5 Å². The maximum Gasteiger partial charge on any atom is 2.00 e. The van der Waals surface area contributed by atoms with Gasteiger partial charge in [-0.15, -0.1) is 0 Å². The summed E-state index contributed by atoms with van der Waals surface area (Å²) in [6.07, 6.45) is 0. The van der Waals surface area contributed by atoms with Gasteiger partial charge in [0.05, 0.1) is 0 Å². The van der Waals surface area contributed by atoms with Crippen LogP contribution < -0.4 is 17.4 Å². The van der Waals surface area contributed by atoms with E-state index in [1.807, 2.05) is 0 Å². The van der Waals surface area contributed by atoms with Gasteiger partial charge in [-0.1, -0.05) is 0 Å². The van der Waals surface area contributed by atoms with Crippen molar-refractivity contribution in [3.05, 3.63) is 0 Å². The average Bonchev–Trinajstić information content (AvgIpc) is 0.811. The monoisotopic (exact) mass is 120 g/mol. The fourth-order valence-corrected chi connectivity index (χ4v) is 0. The molecule has 0 aliphatic heterocycles. The van der Waals surface area contributed by atoms with Crippen molar-refractivity contribution >= 4 is 30.4 Å². The second-order valence-corrected chi connectivity index (χ2v) is 0.326. The molecule has 32 valence electrons. The van der Waals surface area contributed by atoms with Gasteiger partial charge in [-0.25, -0.2) is 0 Å². The van der Waals surface area contributed by atoms with Crippen LogP contribution in [0.5, 0.6) is 0 Å². The number of rotatable bonds is 0. The van der Waals surface area contributed by atoms with Crippen molar-refractivity contribution in [2.45, 2.75) is 0 Å². The molecule has 0 saturated carbocycles. The summed E-state index contributed by atoms with van der Waals surface area (Å²) in [6.45, 7) is 0. The fraction of sp³-hybridized carbons (Fsp3) is 0. The Hall–Kier alpha value is 1.00. The van der Waals surface area contributed by atoms with E-state index in [4.69, 9.17) is 15.1 Å². The van der Waals surface area contributed by atoms with Crippen LogP contribution >= 0.6 is 0 Å². The molecule has 0 atom stereocenters. The van der Waals surface area contributed by atoms with E-state index in [0.29, 0.717) is 0 Å². The second-order valence-electron chi connectivity index (χ2n) is 0.326. The number of hydrogen-bond acceptors (Lipinski definition) is 3. The van der Waals surface area contributed by atoms with E-state index in [0.717, 1.165) is 0 Å². The molecule has 0 radical (unpaired) electrons. The van der Waals surface area contributed by atoms with Crippen LogP contribution in [0.1, 0.15) is 0 Å². The normalized spacial score (nSPS) is 4.50. The van der Waals surface area contributed by atoms with Gasteiger partial charge in [-0.2, -0.15) is 0 Å². The van der Waals surface area contributed by atoms with E-state index >= 15 is 0 Å². The van der Waals surface area contributed by atoms with Gasteiger partial charge in [0.1, 0.15) is 0 Å². The fourth-order valence-electron chi connectivity index (χ4n) is 0. The molecule has 0 amide bonds. The van der Waals surface area contributed by atoms with E-state index in [1.165, 1.54) is 0 Å². The molecule has 0 unspecified atom stereocenters. The van der Waals surface area contributed by atoms with Crippen molar-refractivity contribution in [2.24, 2.45) is 0 Å². The predicted octanol–water partition coefficient (Wildman–Crippen LogP) is -6.06. The maximum atomic E-state index is 8.64. The molecular weight excluding hydrogens is 119 g/mol. The first-order valence-electron chi connectivity index (χ1n) is 0.752. The quantitative estimate of drug-likeness (QED) is 0.313. The summed E-state index contributed by atoms with van der Waals surface area (Å²) in [5, 5.41) is 22.8. The van der Waals surface area contributed by atoms with Crippen LogP contribution in [0.15, 0.2) is 0 Å². The third-order valence-corrected chi connectivity index (χ3v) is 0. The van der Waals surface area contributed by atoms with E-state index < -0.39 is 7.32 Å². The molecule has 0 fully saturated rings. The molecule has 0 aromatic rings. The molecule has 0 rings (SSSR count). The molecule has 0 bridgehead atoms. The largest absolute Gasteiger partial charge is 2.00 e. The third-order valence-electron chi connectivity index (χ3n) is 0. The molecule has 2 N–H and O–H groups in total. The first kappa shape index (κ1) is 15.7. The third kappa shape index (κ3) is 79.9. The van der Waals surface area contributed by atoms with Crippen LogP contribution in [0.4, 0.5) is 0 Å². The van der Waals surface area contributed by atoms with Gasteiger partial charge in [-0.05, 0) is 0 Å². The van der Waals surface area contributed by atoms with Crippen molar-refractivity contribution in [3.8, 4) is 0 Å². The summed E-state index contributed by atoms with van der Waals surface area (Å²) in [5.74, 6) is 0. The van der Waals surface area contributed by atoms with Crippen LogP contribution in [-0.4, -0.2) is 40.4 Å². The maximum absolute atomic E-state index is 8.64. The standard InChI is InChI=1S/BH2O3.ClH.Mg/c2-1(3)4;;/h2-3H;1H;/q-1;;+2/p-1. The van der Waals surface area contributed by atoms with Crippen LogP contribution in [0.3, 0.4) is 0 Å². The van der Waals surface area contributed by atoms with Crippen LogP contribution in [0, 0.1) is 0 Å². The molecule has 3 nitrogen and oxygen atoms in total.